The van der Waals surface area contributed by atoms with Gasteiger partial charge in [-0.05, 0) is 45.2 Å². The number of amides is 2. The van der Waals surface area contributed by atoms with Crippen molar-refractivity contribution in [3.05, 3.63) is 0 Å². The average molecular weight is 279 g/mol. The molecular weight excluding hydrogens is 254 g/mol. The summed E-state index contributed by atoms with van der Waals surface area (Å²) in [6.07, 6.45) is 4.15. The Kier molecular flexibility index (Phi) is 3.71. The molecule has 5 heteroatoms. The molecule has 2 heterocycles. The average Bonchev–Trinajstić information content (AvgIpc) is 3.02. The quantitative estimate of drug-likeness (QED) is 0.748. The molecule has 0 aromatic rings. The van der Waals surface area contributed by atoms with Crippen LogP contribution in [0.15, 0.2) is 0 Å². The summed E-state index contributed by atoms with van der Waals surface area (Å²) in [6, 6.07) is 0.487. The maximum absolute atomic E-state index is 12.4. The smallest absolute Gasteiger partial charge is 0.242 e. The lowest BCUT2D eigenvalue weighted by atomic mass is 9.97. The molecule has 20 heavy (non-hydrogen) atoms. The fraction of sp³-hybridized carbons (Fsp3) is 0.867. The van der Waals surface area contributed by atoms with E-state index in [1.54, 1.807) is 4.90 Å². The highest BCUT2D eigenvalue weighted by Gasteiger charge is 2.44. The van der Waals surface area contributed by atoms with E-state index in [2.05, 4.69) is 19.0 Å². The zero-order valence-electron chi connectivity index (χ0n) is 12.5. The number of nitrogens with zero attached hydrogens (tertiary/aromatic N) is 3. The molecule has 3 fully saturated rings. The summed E-state index contributed by atoms with van der Waals surface area (Å²) in [7, 11) is 4.22. The van der Waals surface area contributed by atoms with Crippen LogP contribution in [0, 0.1) is 11.8 Å². The van der Waals surface area contributed by atoms with Crippen molar-refractivity contribution in [1.82, 2.24) is 14.7 Å². The second kappa shape index (κ2) is 5.35. The van der Waals surface area contributed by atoms with Crippen molar-refractivity contribution in [2.75, 3.05) is 40.3 Å². The number of carbonyl (C=O) groups is 2. The van der Waals surface area contributed by atoms with Gasteiger partial charge in [-0.3, -0.25) is 9.59 Å². The molecule has 1 aliphatic carbocycles. The van der Waals surface area contributed by atoms with Crippen LogP contribution in [0.2, 0.25) is 0 Å². The Bertz CT molecular complexity index is 396. The molecule has 0 unspecified atom stereocenters. The van der Waals surface area contributed by atoms with E-state index in [1.807, 2.05) is 4.90 Å². The Morgan fingerprint density at radius 1 is 1.30 bits per heavy atom. The normalized spacial score (nSPS) is 30.6. The Morgan fingerprint density at radius 3 is 2.60 bits per heavy atom. The van der Waals surface area contributed by atoms with Crippen LogP contribution < -0.4 is 0 Å². The van der Waals surface area contributed by atoms with Crippen molar-refractivity contribution < 1.29 is 9.59 Å². The second-order valence-electron chi connectivity index (χ2n) is 6.75. The predicted molar refractivity (Wildman–Crippen MR) is 76.1 cm³/mol. The first kappa shape index (κ1) is 13.9. The van der Waals surface area contributed by atoms with Crippen molar-refractivity contribution in [2.24, 2.45) is 11.8 Å². The Hall–Kier alpha value is -1.10. The number of rotatable bonds is 4. The number of hydrogen-bond acceptors (Lipinski definition) is 3. The summed E-state index contributed by atoms with van der Waals surface area (Å²) in [4.78, 5) is 30.0. The van der Waals surface area contributed by atoms with Crippen molar-refractivity contribution >= 4 is 11.8 Å². The van der Waals surface area contributed by atoms with Gasteiger partial charge >= 0.3 is 0 Å². The first-order valence-corrected chi connectivity index (χ1v) is 7.78. The number of likely N-dealkylation sites (N-methyl/N-ethyl adjacent to an activating group) is 1. The van der Waals surface area contributed by atoms with Crippen LogP contribution in [0.1, 0.15) is 25.7 Å². The van der Waals surface area contributed by atoms with Gasteiger partial charge in [0.15, 0.2) is 0 Å². The van der Waals surface area contributed by atoms with E-state index >= 15 is 0 Å². The van der Waals surface area contributed by atoms with Gasteiger partial charge < -0.3 is 14.7 Å². The summed E-state index contributed by atoms with van der Waals surface area (Å²) in [5.41, 5.74) is 0. The molecule has 0 aromatic carbocycles. The number of likely N-dealkylation sites (tertiary alicyclic amines) is 2. The molecule has 5 nitrogen and oxygen atoms in total. The zero-order chi connectivity index (χ0) is 14.3. The number of hydrogen-bond donors (Lipinski definition) is 0. The topological polar surface area (TPSA) is 43.9 Å². The standard InChI is InChI=1S/C15H25N3O2/c1-16(2)13-9-18(8-12(13)11-5-6-11)15(20)10-17-7-3-4-14(17)19/h11-13H,3-10H2,1-2H3/t12-,13+/m0/s1. The Labute approximate surface area is 120 Å². The van der Waals surface area contributed by atoms with E-state index in [9.17, 15) is 9.59 Å². The molecule has 0 spiro atoms. The van der Waals surface area contributed by atoms with Crippen molar-refractivity contribution in [1.29, 1.82) is 0 Å². The van der Waals surface area contributed by atoms with Crippen LogP contribution in [-0.4, -0.2) is 72.8 Å². The van der Waals surface area contributed by atoms with E-state index in [1.165, 1.54) is 12.8 Å². The van der Waals surface area contributed by atoms with Crippen LogP contribution in [0.25, 0.3) is 0 Å². The molecule has 112 valence electrons. The number of carbonyl (C=O) groups excluding carboxylic acids is 2. The van der Waals surface area contributed by atoms with Crippen LogP contribution in [0.4, 0.5) is 0 Å². The summed E-state index contributed by atoms with van der Waals surface area (Å²) >= 11 is 0. The van der Waals surface area contributed by atoms with Crippen LogP contribution in [-0.2, 0) is 9.59 Å². The van der Waals surface area contributed by atoms with Gasteiger partial charge in [0, 0.05) is 32.1 Å². The van der Waals surface area contributed by atoms with Gasteiger partial charge in [-0.15, -0.1) is 0 Å². The van der Waals surface area contributed by atoms with Gasteiger partial charge in [-0.25, -0.2) is 0 Å². The predicted octanol–water partition coefficient (Wildman–Crippen LogP) is 0.407. The zero-order valence-corrected chi connectivity index (χ0v) is 12.5. The highest BCUT2D eigenvalue weighted by atomic mass is 16.2. The fourth-order valence-corrected chi connectivity index (χ4v) is 3.68. The third-order valence-corrected chi connectivity index (χ3v) is 5.07. The van der Waals surface area contributed by atoms with Gasteiger partial charge in [0.2, 0.25) is 11.8 Å². The third kappa shape index (κ3) is 2.68. The fourth-order valence-electron chi connectivity index (χ4n) is 3.68. The van der Waals surface area contributed by atoms with Crippen molar-refractivity contribution in [2.45, 2.75) is 31.7 Å². The minimum atomic E-state index is 0.134. The first-order valence-electron chi connectivity index (χ1n) is 7.78. The van der Waals surface area contributed by atoms with E-state index in [-0.39, 0.29) is 18.4 Å². The van der Waals surface area contributed by atoms with E-state index in [4.69, 9.17) is 0 Å². The lowest BCUT2D eigenvalue weighted by Gasteiger charge is -2.24. The van der Waals surface area contributed by atoms with Gasteiger partial charge in [-0.1, -0.05) is 0 Å². The van der Waals surface area contributed by atoms with Gasteiger partial charge in [0.1, 0.15) is 0 Å². The summed E-state index contributed by atoms with van der Waals surface area (Å²) in [5.74, 6) is 1.72. The molecule has 2 atom stereocenters. The molecule has 2 saturated heterocycles. The lowest BCUT2D eigenvalue weighted by molar-refractivity contribution is -0.137. The van der Waals surface area contributed by atoms with Crippen LogP contribution in [0.3, 0.4) is 0 Å². The molecule has 0 radical (unpaired) electrons. The molecule has 0 aromatic heterocycles. The van der Waals surface area contributed by atoms with E-state index in [0.29, 0.717) is 18.4 Å². The molecule has 3 rings (SSSR count). The largest absolute Gasteiger partial charge is 0.339 e. The van der Waals surface area contributed by atoms with Gasteiger partial charge in [0.25, 0.3) is 0 Å². The maximum Gasteiger partial charge on any atom is 0.242 e. The minimum Gasteiger partial charge on any atom is -0.339 e. The summed E-state index contributed by atoms with van der Waals surface area (Å²) in [5, 5.41) is 0. The van der Waals surface area contributed by atoms with Gasteiger partial charge in [0.05, 0.1) is 6.54 Å². The van der Waals surface area contributed by atoms with Gasteiger partial charge in [-0.2, -0.15) is 0 Å². The second-order valence-corrected chi connectivity index (χ2v) is 6.75. The summed E-state index contributed by atoms with van der Waals surface area (Å²) < 4.78 is 0. The SMILES string of the molecule is CN(C)[C@@H]1CN(C(=O)CN2CCCC2=O)C[C@H]1C1CC1. The lowest BCUT2D eigenvalue weighted by Crippen LogP contribution is -2.41. The molecule has 1 saturated carbocycles. The molecule has 2 amide bonds. The Balaban J connectivity index is 1.59. The first-order chi connectivity index (χ1) is 9.56. The van der Waals surface area contributed by atoms with Crippen LogP contribution in [0.5, 0.6) is 0 Å². The molecular formula is C15H25N3O2. The highest BCUT2D eigenvalue weighted by Crippen LogP contribution is 2.42. The molecule has 0 N–H and O–H groups in total. The molecule has 0 bridgehead atoms. The summed E-state index contributed by atoms with van der Waals surface area (Å²) in [6.45, 7) is 2.75. The molecule has 3 aliphatic rings. The highest BCUT2D eigenvalue weighted by molar-refractivity contribution is 5.86. The minimum absolute atomic E-state index is 0.134. The molecule has 2 aliphatic heterocycles. The van der Waals surface area contributed by atoms with Crippen molar-refractivity contribution in [3.8, 4) is 0 Å². The maximum atomic E-state index is 12.4. The Morgan fingerprint density at radius 2 is 2.05 bits per heavy atom. The van der Waals surface area contributed by atoms with E-state index in [0.717, 1.165) is 32.0 Å². The third-order valence-electron chi connectivity index (χ3n) is 5.07. The van der Waals surface area contributed by atoms with Crippen LogP contribution >= 0.6 is 0 Å². The van der Waals surface area contributed by atoms with Crippen molar-refractivity contribution in [3.63, 3.8) is 0 Å². The van der Waals surface area contributed by atoms with E-state index < -0.39 is 0 Å². The monoisotopic (exact) mass is 279 g/mol.